The molecule has 1 aromatic heterocycles. The number of hydrogen-bond acceptors (Lipinski definition) is 3. The normalized spacial score (nSPS) is 13.3. The summed E-state index contributed by atoms with van der Waals surface area (Å²) in [5.41, 5.74) is 1.78. The fourth-order valence-electron chi connectivity index (χ4n) is 3.12. The number of carbonyl (C=O) groups excluding carboxylic acids is 1. The minimum atomic E-state index is -0.303. The van der Waals surface area contributed by atoms with Crippen LogP contribution in [0.1, 0.15) is 34.5 Å². The number of halogens is 1. The van der Waals surface area contributed by atoms with Crippen LogP contribution >= 0.6 is 0 Å². The molecule has 1 aliphatic rings. The van der Waals surface area contributed by atoms with Gasteiger partial charge >= 0.3 is 0 Å². The Balaban J connectivity index is 1.57. The van der Waals surface area contributed by atoms with Crippen molar-refractivity contribution in [2.75, 3.05) is 0 Å². The predicted molar refractivity (Wildman–Crippen MR) is 103 cm³/mol. The fourth-order valence-corrected chi connectivity index (χ4v) is 3.12. The van der Waals surface area contributed by atoms with Gasteiger partial charge in [-0.15, -0.1) is 0 Å². The van der Waals surface area contributed by atoms with Crippen LogP contribution in [0.3, 0.4) is 0 Å². The number of amides is 1. The number of hydrogen-bond donors (Lipinski definition) is 0. The topological polar surface area (TPSA) is 55.2 Å². The molecule has 0 aliphatic heterocycles. The molecule has 3 aromatic rings. The zero-order valence-electron chi connectivity index (χ0n) is 15.3. The van der Waals surface area contributed by atoms with E-state index in [1.807, 2.05) is 30.3 Å². The lowest BCUT2D eigenvalue weighted by Crippen LogP contribution is -2.35. The van der Waals surface area contributed by atoms with Gasteiger partial charge < -0.3 is 4.90 Å². The summed E-state index contributed by atoms with van der Waals surface area (Å²) in [6.07, 6.45) is 1.88. The lowest BCUT2D eigenvalue weighted by molar-refractivity contribution is 0.0721. The molecule has 1 saturated carbocycles. The Morgan fingerprint density at radius 3 is 2.39 bits per heavy atom. The van der Waals surface area contributed by atoms with E-state index >= 15 is 0 Å². The number of aromatic nitrogens is 2. The van der Waals surface area contributed by atoms with Crippen molar-refractivity contribution < 1.29 is 9.18 Å². The molecule has 0 spiro atoms. The van der Waals surface area contributed by atoms with Crippen molar-refractivity contribution in [2.45, 2.75) is 32.0 Å². The summed E-state index contributed by atoms with van der Waals surface area (Å²) in [7, 11) is 0. The molecule has 0 saturated heterocycles. The number of rotatable bonds is 6. The molecule has 1 heterocycles. The largest absolute Gasteiger partial charge is 0.330 e. The van der Waals surface area contributed by atoms with Gasteiger partial charge in [0.1, 0.15) is 11.5 Å². The Morgan fingerprint density at radius 1 is 1.00 bits per heavy atom. The molecule has 0 bridgehead atoms. The second-order valence-corrected chi connectivity index (χ2v) is 6.99. The lowest BCUT2D eigenvalue weighted by Gasteiger charge is -2.22. The third-order valence-corrected chi connectivity index (χ3v) is 4.78. The van der Waals surface area contributed by atoms with Gasteiger partial charge in [0, 0.05) is 18.7 Å². The molecule has 0 atom stereocenters. The van der Waals surface area contributed by atoms with Gasteiger partial charge in [-0.05, 0) is 42.2 Å². The number of carbonyl (C=O) groups is 1. The Kier molecular flexibility index (Phi) is 5.02. The lowest BCUT2D eigenvalue weighted by atomic mass is 10.2. The average Bonchev–Trinajstić information content (AvgIpc) is 3.55. The van der Waals surface area contributed by atoms with Gasteiger partial charge in [-0.1, -0.05) is 42.5 Å². The summed E-state index contributed by atoms with van der Waals surface area (Å²) in [5.74, 6) is -0.517. The summed E-state index contributed by atoms with van der Waals surface area (Å²) < 4.78 is 14.5. The van der Waals surface area contributed by atoms with E-state index < -0.39 is 0 Å². The van der Waals surface area contributed by atoms with E-state index in [9.17, 15) is 14.0 Å². The maximum Gasteiger partial charge on any atom is 0.274 e. The van der Waals surface area contributed by atoms with Crippen molar-refractivity contribution >= 4 is 5.91 Å². The Bertz CT molecular complexity index is 1030. The third-order valence-electron chi connectivity index (χ3n) is 4.78. The highest BCUT2D eigenvalue weighted by atomic mass is 19.1. The zero-order valence-corrected chi connectivity index (χ0v) is 15.3. The van der Waals surface area contributed by atoms with Gasteiger partial charge in [0.05, 0.1) is 6.54 Å². The maximum atomic E-state index is 13.2. The van der Waals surface area contributed by atoms with Crippen LogP contribution in [-0.4, -0.2) is 26.6 Å². The Morgan fingerprint density at radius 2 is 1.71 bits per heavy atom. The zero-order chi connectivity index (χ0) is 19.5. The minimum absolute atomic E-state index is 0.161. The highest BCUT2D eigenvalue weighted by Gasteiger charge is 2.33. The highest BCUT2D eigenvalue weighted by molar-refractivity contribution is 5.92. The average molecular weight is 377 g/mol. The SMILES string of the molecule is O=C(c1ccc(=O)n(Cc2ccccc2)n1)N(Cc1ccc(F)cc1)C1CC1. The van der Waals surface area contributed by atoms with Gasteiger partial charge in [0.25, 0.3) is 11.5 Å². The molecule has 1 fully saturated rings. The van der Waals surface area contributed by atoms with Crippen molar-refractivity contribution in [3.8, 4) is 0 Å². The quantitative estimate of drug-likeness (QED) is 0.663. The van der Waals surface area contributed by atoms with Crippen molar-refractivity contribution in [2.24, 2.45) is 0 Å². The molecule has 4 rings (SSSR count). The second-order valence-electron chi connectivity index (χ2n) is 6.99. The molecule has 6 heteroatoms. The molecule has 2 aromatic carbocycles. The van der Waals surface area contributed by atoms with Crippen LogP contribution in [0, 0.1) is 5.82 Å². The standard InChI is InChI=1S/C22H20FN3O2/c23-18-8-6-17(7-9-18)14-25(19-10-11-19)22(28)20-12-13-21(27)26(24-20)15-16-4-2-1-3-5-16/h1-9,12-13,19H,10-11,14-15H2. The van der Waals surface area contributed by atoms with Gasteiger partial charge in [-0.3, -0.25) is 9.59 Å². The summed E-state index contributed by atoms with van der Waals surface area (Å²) in [5, 5.41) is 4.31. The fraction of sp³-hybridized carbons (Fsp3) is 0.227. The Labute approximate surface area is 162 Å². The first kappa shape index (κ1) is 18.1. The third kappa shape index (κ3) is 4.17. The summed E-state index contributed by atoms with van der Waals surface area (Å²) in [6, 6.07) is 18.7. The van der Waals surface area contributed by atoms with Crippen LogP contribution < -0.4 is 5.56 Å². The van der Waals surface area contributed by atoms with Crippen LogP contribution in [0.5, 0.6) is 0 Å². The van der Waals surface area contributed by atoms with E-state index in [1.54, 1.807) is 17.0 Å². The summed E-state index contributed by atoms with van der Waals surface area (Å²) >= 11 is 0. The van der Waals surface area contributed by atoms with Crippen LogP contribution in [0.25, 0.3) is 0 Å². The van der Waals surface area contributed by atoms with E-state index in [-0.39, 0.29) is 29.0 Å². The molecule has 0 unspecified atom stereocenters. The van der Waals surface area contributed by atoms with Crippen LogP contribution in [-0.2, 0) is 13.1 Å². The molecule has 5 nitrogen and oxygen atoms in total. The van der Waals surface area contributed by atoms with Crippen LogP contribution in [0.2, 0.25) is 0 Å². The van der Waals surface area contributed by atoms with Crippen molar-refractivity contribution in [3.63, 3.8) is 0 Å². The second kappa shape index (κ2) is 7.76. The van der Waals surface area contributed by atoms with Gasteiger partial charge in [-0.2, -0.15) is 5.10 Å². The van der Waals surface area contributed by atoms with E-state index in [4.69, 9.17) is 0 Å². The smallest absolute Gasteiger partial charge is 0.274 e. The molecule has 0 N–H and O–H groups in total. The molecule has 0 radical (unpaired) electrons. The van der Waals surface area contributed by atoms with Gasteiger partial charge in [0.15, 0.2) is 0 Å². The molecule has 28 heavy (non-hydrogen) atoms. The van der Waals surface area contributed by atoms with Gasteiger partial charge in [0.2, 0.25) is 0 Å². The van der Waals surface area contributed by atoms with Crippen molar-refractivity contribution in [1.82, 2.24) is 14.7 Å². The van der Waals surface area contributed by atoms with Crippen LogP contribution in [0.15, 0.2) is 71.5 Å². The van der Waals surface area contributed by atoms with Crippen molar-refractivity contribution in [3.05, 3.63) is 99.7 Å². The first-order chi connectivity index (χ1) is 13.6. The Hall–Kier alpha value is -3.28. The maximum absolute atomic E-state index is 13.2. The number of nitrogens with zero attached hydrogens (tertiary/aromatic N) is 3. The van der Waals surface area contributed by atoms with Gasteiger partial charge in [-0.25, -0.2) is 9.07 Å². The molecule has 1 amide bonds. The first-order valence-corrected chi connectivity index (χ1v) is 9.28. The number of benzene rings is 2. The first-order valence-electron chi connectivity index (χ1n) is 9.28. The molecule has 142 valence electrons. The van der Waals surface area contributed by atoms with E-state index in [0.717, 1.165) is 24.0 Å². The van der Waals surface area contributed by atoms with E-state index in [0.29, 0.717) is 13.1 Å². The monoisotopic (exact) mass is 377 g/mol. The molecular formula is C22H20FN3O2. The van der Waals surface area contributed by atoms with E-state index in [1.165, 1.54) is 28.9 Å². The molecular weight excluding hydrogens is 357 g/mol. The molecule has 1 aliphatic carbocycles. The van der Waals surface area contributed by atoms with E-state index in [2.05, 4.69) is 5.10 Å². The highest BCUT2D eigenvalue weighted by Crippen LogP contribution is 2.29. The predicted octanol–water partition coefficient (Wildman–Crippen LogP) is 3.24. The summed E-state index contributed by atoms with van der Waals surface area (Å²) in [6.45, 7) is 0.700. The minimum Gasteiger partial charge on any atom is -0.330 e. The van der Waals surface area contributed by atoms with Crippen molar-refractivity contribution in [1.29, 1.82) is 0 Å². The van der Waals surface area contributed by atoms with Crippen LogP contribution in [0.4, 0.5) is 4.39 Å². The summed E-state index contributed by atoms with van der Waals surface area (Å²) in [4.78, 5) is 27.0.